The predicted octanol–water partition coefficient (Wildman–Crippen LogP) is 1.95. The van der Waals surface area contributed by atoms with Gasteiger partial charge in [-0.05, 0) is 52.5 Å². The molecular weight excluding hydrogens is 266 g/mol. The second-order valence-electron chi connectivity index (χ2n) is 5.35. The molecule has 0 heterocycles. The molecule has 1 aromatic carbocycles. The molecular formula is C16H27N3O2. The maximum atomic E-state index is 11.8. The van der Waals surface area contributed by atoms with Gasteiger partial charge in [-0.25, -0.2) is 0 Å². The van der Waals surface area contributed by atoms with Gasteiger partial charge in [-0.2, -0.15) is 0 Å². The van der Waals surface area contributed by atoms with Crippen LogP contribution in [0, 0.1) is 0 Å². The third-order valence-electron chi connectivity index (χ3n) is 3.41. The van der Waals surface area contributed by atoms with Gasteiger partial charge in [0.05, 0.1) is 19.3 Å². The molecule has 5 nitrogen and oxygen atoms in total. The van der Waals surface area contributed by atoms with E-state index in [-0.39, 0.29) is 5.91 Å². The molecule has 0 aliphatic rings. The van der Waals surface area contributed by atoms with Crippen LogP contribution in [0.5, 0.6) is 5.75 Å². The average molecular weight is 293 g/mol. The molecule has 118 valence electrons. The SMILES string of the molecule is COc1ccccc1NC(=O)CNCCCN(C)C(C)C. The summed E-state index contributed by atoms with van der Waals surface area (Å²) >= 11 is 0. The van der Waals surface area contributed by atoms with E-state index in [0.717, 1.165) is 19.5 Å². The van der Waals surface area contributed by atoms with E-state index >= 15 is 0 Å². The van der Waals surface area contributed by atoms with E-state index in [1.807, 2.05) is 24.3 Å². The predicted molar refractivity (Wildman–Crippen MR) is 86.9 cm³/mol. The van der Waals surface area contributed by atoms with Crippen LogP contribution in [0.4, 0.5) is 5.69 Å². The maximum Gasteiger partial charge on any atom is 0.238 e. The van der Waals surface area contributed by atoms with E-state index in [9.17, 15) is 4.79 Å². The Hall–Kier alpha value is -1.59. The molecule has 5 heteroatoms. The summed E-state index contributed by atoms with van der Waals surface area (Å²) in [5, 5.41) is 6.00. The van der Waals surface area contributed by atoms with Crippen molar-refractivity contribution in [2.24, 2.45) is 0 Å². The van der Waals surface area contributed by atoms with Gasteiger partial charge < -0.3 is 20.3 Å². The minimum atomic E-state index is -0.0586. The van der Waals surface area contributed by atoms with E-state index in [0.29, 0.717) is 24.0 Å². The molecule has 0 bridgehead atoms. The number of hydrogen-bond acceptors (Lipinski definition) is 4. The lowest BCUT2D eigenvalue weighted by atomic mass is 10.3. The number of hydrogen-bond donors (Lipinski definition) is 2. The number of rotatable bonds is 9. The van der Waals surface area contributed by atoms with Crippen molar-refractivity contribution in [3.8, 4) is 5.75 Å². The van der Waals surface area contributed by atoms with Crippen molar-refractivity contribution in [1.29, 1.82) is 0 Å². The van der Waals surface area contributed by atoms with E-state index < -0.39 is 0 Å². The second-order valence-corrected chi connectivity index (χ2v) is 5.35. The minimum absolute atomic E-state index is 0.0586. The van der Waals surface area contributed by atoms with E-state index in [4.69, 9.17) is 4.74 Å². The molecule has 0 radical (unpaired) electrons. The number of nitrogens with one attached hydrogen (secondary N) is 2. The molecule has 0 aromatic heterocycles. The smallest absolute Gasteiger partial charge is 0.238 e. The lowest BCUT2D eigenvalue weighted by Gasteiger charge is -2.20. The van der Waals surface area contributed by atoms with Gasteiger partial charge in [-0.1, -0.05) is 12.1 Å². The van der Waals surface area contributed by atoms with Crippen LogP contribution in [-0.2, 0) is 4.79 Å². The van der Waals surface area contributed by atoms with Gasteiger partial charge in [0.15, 0.2) is 0 Å². The highest BCUT2D eigenvalue weighted by Crippen LogP contribution is 2.22. The second kappa shape index (κ2) is 9.37. The van der Waals surface area contributed by atoms with Crippen molar-refractivity contribution in [1.82, 2.24) is 10.2 Å². The molecule has 21 heavy (non-hydrogen) atoms. The van der Waals surface area contributed by atoms with Gasteiger partial charge >= 0.3 is 0 Å². The van der Waals surface area contributed by atoms with Gasteiger partial charge in [0.1, 0.15) is 5.75 Å². The monoisotopic (exact) mass is 293 g/mol. The lowest BCUT2D eigenvalue weighted by Crippen LogP contribution is -2.32. The van der Waals surface area contributed by atoms with Crippen molar-refractivity contribution in [3.05, 3.63) is 24.3 Å². The standard InChI is InChI=1S/C16H27N3O2/c1-13(2)19(3)11-7-10-17-12-16(20)18-14-8-5-6-9-15(14)21-4/h5-6,8-9,13,17H,7,10-12H2,1-4H3,(H,18,20). The maximum absolute atomic E-state index is 11.8. The molecule has 2 N–H and O–H groups in total. The molecule has 0 atom stereocenters. The Balaban J connectivity index is 2.23. The number of para-hydroxylation sites is 2. The Bertz CT molecular complexity index is 435. The molecule has 1 aromatic rings. The molecule has 0 saturated carbocycles. The molecule has 1 rings (SSSR count). The summed E-state index contributed by atoms with van der Waals surface area (Å²) in [6, 6.07) is 7.95. The fourth-order valence-corrected chi connectivity index (χ4v) is 1.86. The normalized spacial score (nSPS) is 11.0. The zero-order valence-corrected chi connectivity index (χ0v) is 13.5. The fraction of sp³-hybridized carbons (Fsp3) is 0.562. The minimum Gasteiger partial charge on any atom is -0.495 e. The van der Waals surface area contributed by atoms with Gasteiger partial charge in [0.2, 0.25) is 5.91 Å². The van der Waals surface area contributed by atoms with Crippen LogP contribution in [0.2, 0.25) is 0 Å². The highest BCUT2D eigenvalue weighted by Gasteiger charge is 2.06. The first-order valence-electron chi connectivity index (χ1n) is 7.38. The number of carbonyl (C=O) groups is 1. The highest BCUT2D eigenvalue weighted by atomic mass is 16.5. The van der Waals surface area contributed by atoms with Gasteiger partial charge in [-0.15, -0.1) is 0 Å². The number of ether oxygens (including phenoxy) is 1. The average Bonchev–Trinajstić information content (AvgIpc) is 2.47. The van der Waals surface area contributed by atoms with Crippen molar-refractivity contribution in [2.45, 2.75) is 26.3 Å². The Morgan fingerprint density at radius 2 is 2.05 bits per heavy atom. The quantitative estimate of drug-likeness (QED) is 0.683. The Labute approximate surface area is 127 Å². The number of methoxy groups -OCH3 is 1. The zero-order valence-electron chi connectivity index (χ0n) is 13.5. The number of carbonyl (C=O) groups excluding carboxylic acids is 1. The first-order chi connectivity index (χ1) is 10.0. The molecule has 0 fully saturated rings. The first-order valence-corrected chi connectivity index (χ1v) is 7.38. The molecule has 0 unspecified atom stereocenters. The van der Waals surface area contributed by atoms with Gasteiger partial charge in [-0.3, -0.25) is 4.79 Å². The summed E-state index contributed by atoms with van der Waals surface area (Å²) in [4.78, 5) is 14.1. The van der Waals surface area contributed by atoms with E-state index in [1.54, 1.807) is 7.11 Å². The van der Waals surface area contributed by atoms with Crippen LogP contribution in [0.3, 0.4) is 0 Å². The zero-order chi connectivity index (χ0) is 15.7. The van der Waals surface area contributed by atoms with E-state index in [2.05, 4.69) is 36.4 Å². The molecule has 0 spiro atoms. The lowest BCUT2D eigenvalue weighted by molar-refractivity contribution is -0.115. The van der Waals surface area contributed by atoms with Crippen LogP contribution in [0.1, 0.15) is 20.3 Å². The fourth-order valence-electron chi connectivity index (χ4n) is 1.86. The Morgan fingerprint density at radius 3 is 2.71 bits per heavy atom. The molecule has 0 saturated heterocycles. The van der Waals surface area contributed by atoms with Crippen LogP contribution < -0.4 is 15.4 Å². The first kappa shape index (κ1) is 17.5. The van der Waals surface area contributed by atoms with Crippen LogP contribution in [0.15, 0.2) is 24.3 Å². The van der Waals surface area contributed by atoms with Gasteiger partial charge in [0.25, 0.3) is 0 Å². The third kappa shape index (κ3) is 6.60. The number of benzene rings is 1. The summed E-state index contributed by atoms with van der Waals surface area (Å²) in [6.45, 7) is 6.51. The van der Waals surface area contributed by atoms with Crippen molar-refractivity contribution >= 4 is 11.6 Å². The highest BCUT2D eigenvalue weighted by molar-refractivity contribution is 5.93. The molecule has 0 aliphatic heterocycles. The molecule has 1 amide bonds. The van der Waals surface area contributed by atoms with Crippen LogP contribution in [-0.4, -0.2) is 50.6 Å². The van der Waals surface area contributed by atoms with Crippen molar-refractivity contribution in [3.63, 3.8) is 0 Å². The summed E-state index contributed by atoms with van der Waals surface area (Å²) in [7, 11) is 3.70. The van der Waals surface area contributed by atoms with Crippen molar-refractivity contribution in [2.75, 3.05) is 39.1 Å². The Morgan fingerprint density at radius 1 is 1.33 bits per heavy atom. The summed E-state index contributed by atoms with van der Waals surface area (Å²) in [5.74, 6) is 0.612. The number of anilines is 1. The van der Waals surface area contributed by atoms with Gasteiger partial charge in [0, 0.05) is 6.04 Å². The summed E-state index contributed by atoms with van der Waals surface area (Å²) in [5.41, 5.74) is 0.700. The molecule has 0 aliphatic carbocycles. The topological polar surface area (TPSA) is 53.6 Å². The van der Waals surface area contributed by atoms with Crippen LogP contribution in [0.25, 0.3) is 0 Å². The largest absolute Gasteiger partial charge is 0.495 e. The van der Waals surface area contributed by atoms with Crippen LogP contribution >= 0.6 is 0 Å². The Kier molecular flexibility index (Phi) is 7.79. The van der Waals surface area contributed by atoms with Crippen molar-refractivity contribution < 1.29 is 9.53 Å². The number of nitrogens with zero attached hydrogens (tertiary/aromatic N) is 1. The summed E-state index contributed by atoms with van der Waals surface area (Å²) < 4.78 is 5.20. The van der Waals surface area contributed by atoms with E-state index in [1.165, 1.54) is 0 Å². The summed E-state index contributed by atoms with van der Waals surface area (Å²) in [6.07, 6.45) is 1.02. The number of amides is 1. The third-order valence-corrected chi connectivity index (χ3v) is 3.41.